The van der Waals surface area contributed by atoms with Crippen molar-refractivity contribution in [3.05, 3.63) is 11.8 Å². The van der Waals surface area contributed by atoms with Gasteiger partial charge in [-0.3, -0.25) is 4.79 Å². The second-order valence-electron chi connectivity index (χ2n) is 2.84. The molecule has 0 unspecified atom stereocenters. The van der Waals surface area contributed by atoms with Crippen LogP contribution in [0.1, 0.15) is 6.42 Å². The summed E-state index contributed by atoms with van der Waals surface area (Å²) in [6, 6.07) is 0. The van der Waals surface area contributed by atoms with Crippen LogP contribution in [0.4, 0.5) is 0 Å². The minimum atomic E-state index is 0.317. The summed E-state index contributed by atoms with van der Waals surface area (Å²) < 4.78 is 0. The van der Waals surface area contributed by atoms with E-state index in [0.29, 0.717) is 12.2 Å². The van der Waals surface area contributed by atoms with Crippen LogP contribution in [-0.2, 0) is 4.79 Å². The van der Waals surface area contributed by atoms with Crippen LogP contribution in [0.25, 0.3) is 0 Å². The van der Waals surface area contributed by atoms with E-state index in [4.69, 9.17) is 0 Å². The molecule has 11 heavy (non-hydrogen) atoms. The van der Waals surface area contributed by atoms with Gasteiger partial charge >= 0.3 is 0 Å². The first-order valence-corrected chi connectivity index (χ1v) is 4.83. The van der Waals surface area contributed by atoms with E-state index >= 15 is 0 Å². The van der Waals surface area contributed by atoms with Gasteiger partial charge in [0.1, 0.15) is 0 Å². The van der Waals surface area contributed by atoms with Crippen molar-refractivity contribution in [3.8, 4) is 0 Å². The minimum Gasteiger partial charge on any atom is -0.383 e. The van der Waals surface area contributed by atoms with Crippen LogP contribution in [0.2, 0.25) is 0 Å². The van der Waals surface area contributed by atoms with Crippen molar-refractivity contribution in [2.24, 2.45) is 0 Å². The van der Waals surface area contributed by atoms with E-state index in [-0.39, 0.29) is 0 Å². The molecular formula is C8H13NOS. The summed E-state index contributed by atoms with van der Waals surface area (Å²) >= 11 is 1.83. The second-order valence-corrected chi connectivity index (χ2v) is 3.95. The molecule has 0 aromatic heterocycles. The maximum atomic E-state index is 11.2. The molecule has 0 amide bonds. The van der Waals surface area contributed by atoms with Gasteiger partial charge < -0.3 is 4.90 Å². The minimum absolute atomic E-state index is 0.317. The Hall–Kier alpha value is -0.440. The lowest BCUT2D eigenvalue weighted by Crippen LogP contribution is -2.15. The normalized spacial score (nSPS) is 22.4. The zero-order valence-electron chi connectivity index (χ0n) is 6.96. The molecular weight excluding hydrogens is 158 g/mol. The quantitative estimate of drug-likeness (QED) is 0.552. The molecule has 0 N–H and O–H groups in total. The van der Waals surface area contributed by atoms with Crippen molar-refractivity contribution in [2.75, 3.05) is 25.6 Å². The zero-order valence-corrected chi connectivity index (χ0v) is 7.78. The van der Waals surface area contributed by atoms with Crippen molar-refractivity contribution >= 4 is 17.5 Å². The summed E-state index contributed by atoms with van der Waals surface area (Å²) in [5, 5.41) is 0. The lowest BCUT2D eigenvalue weighted by Gasteiger charge is -2.14. The smallest absolute Gasteiger partial charge is 0.161 e. The molecule has 1 fully saturated rings. The topological polar surface area (TPSA) is 20.3 Å². The van der Waals surface area contributed by atoms with Crippen LogP contribution < -0.4 is 0 Å². The van der Waals surface area contributed by atoms with Gasteiger partial charge in [-0.1, -0.05) is 0 Å². The van der Waals surface area contributed by atoms with Gasteiger partial charge in [-0.15, -0.1) is 0 Å². The zero-order chi connectivity index (χ0) is 8.27. The van der Waals surface area contributed by atoms with Crippen LogP contribution in [0.3, 0.4) is 0 Å². The van der Waals surface area contributed by atoms with Gasteiger partial charge in [0.05, 0.1) is 0 Å². The Bertz CT molecular complexity index is 187. The summed E-state index contributed by atoms with van der Waals surface area (Å²) in [4.78, 5) is 13.2. The Balaban J connectivity index is 2.61. The summed E-state index contributed by atoms with van der Waals surface area (Å²) in [6.45, 7) is 0. The van der Waals surface area contributed by atoms with Gasteiger partial charge in [0.15, 0.2) is 5.78 Å². The molecule has 1 heterocycles. The van der Waals surface area contributed by atoms with Crippen LogP contribution in [0.15, 0.2) is 11.8 Å². The van der Waals surface area contributed by atoms with Gasteiger partial charge in [-0.25, -0.2) is 0 Å². The molecule has 0 radical (unpaired) electrons. The summed E-state index contributed by atoms with van der Waals surface area (Å²) in [5.41, 5.74) is 0.964. The first-order valence-electron chi connectivity index (χ1n) is 3.68. The van der Waals surface area contributed by atoms with Crippen molar-refractivity contribution in [1.82, 2.24) is 4.90 Å². The molecule has 0 atom stereocenters. The first-order chi connectivity index (χ1) is 5.20. The van der Waals surface area contributed by atoms with Gasteiger partial charge in [-0.05, 0) is 0 Å². The predicted octanol–water partition coefficient (Wildman–Crippen LogP) is 1.14. The highest BCUT2D eigenvalue weighted by atomic mass is 32.2. The van der Waals surface area contributed by atoms with E-state index in [1.807, 2.05) is 37.0 Å². The maximum absolute atomic E-state index is 11.2. The molecule has 1 rings (SSSR count). The molecule has 2 nitrogen and oxygen atoms in total. The van der Waals surface area contributed by atoms with Gasteiger partial charge in [0.2, 0.25) is 0 Å². The molecule has 0 aromatic carbocycles. The first kappa shape index (κ1) is 8.65. The number of Topliss-reactive ketones (excluding diaryl/α,β-unsaturated/α-hetero) is 1. The fraction of sp³-hybridized carbons (Fsp3) is 0.625. The number of hydrogen-bond acceptors (Lipinski definition) is 3. The van der Waals surface area contributed by atoms with E-state index in [2.05, 4.69) is 0 Å². The third-order valence-corrected chi connectivity index (χ3v) is 2.51. The van der Waals surface area contributed by atoms with E-state index in [1.54, 1.807) is 0 Å². The van der Waals surface area contributed by atoms with Crippen LogP contribution >= 0.6 is 11.8 Å². The summed E-state index contributed by atoms with van der Waals surface area (Å²) in [5.74, 6) is 2.19. The molecule has 1 saturated heterocycles. The van der Waals surface area contributed by atoms with E-state index in [0.717, 1.165) is 17.1 Å². The van der Waals surface area contributed by atoms with Gasteiger partial charge in [0, 0.05) is 43.8 Å². The van der Waals surface area contributed by atoms with Gasteiger partial charge in [-0.2, -0.15) is 11.8 Å². The number of thioether (sulfide) groups is 1. The highest BCUT2D eigenvalue weighted by Gasteiger charge is 2.14. The molecule has 0 aromatic rings. The van der Waals surface area contributed by atoms with Crippen molar-refractivity contribution < 1.29 is 4.79 Å². The fourth-order valence-electron chi connectivity index (χ4n) is 1.01. The number of nitrogens with zero attached hydrogens (tertiary/aromatic N) is 1. The molecule has 0 aliphatic carbocycles. The molecule has 3 heteroatoms. The Morgan fingerprint density at radius 1 is 1.55 bits per heavy atom. The van der Waals surface area contributed by atoms with Gasteiger partial charge in [0.25, 0.3) is 0 Å². The fourth-order valence-corrected chi connectivity index (χ4v) is 1.94. The number of rotatable bonds is 1. The largest absolute Gasteiger partial charge is 0.383 e. The lowest BCUT2D eigenvalue weighted by molar-refractivity contribution is -0.115. The SMILES string of the molecule is CN(C)/C=C1/CSCCC1=O. The van der Waals surface area contributed by atoms with E-state index in [1.165, 1.54) is 0 Å². The van der Waals surface area contributed by atoms with Crippen LogP contribution in [0, 0.1) is 0 Å². The van der Waals surface area contributed by atoms with Crippen molar-refractivity contribution in [2.45, 2.75) is 6.42 Å². The Morgan fingerprint density at radius 3 is 2.82 bits per heavy atom. The van der Waals surface area contributed by atoms with Crippen LogP contribution in [0.5, 0.6) is 0 Å². The van der Waals surface area contributed by atoms with Crippen molar-refractivity contribution in [3.63, 3.8) is 0 Å². The monoisotopic (exact) mass is 171 g/mol. The summed E-state index contributed by atoms with van der Waals surface area (Å²) in [6.07, 6.45) is 2.64. The van der Waals surface area contributed by atoms with Crippen molar-refractivity contribution in [1.29, 1.82) is 0 Å². The average molecular weight is 171 g/mol. The Kier molecular flexibility index (Phi) is 3.00. The lowest BCUT2D eigenvalue weighted by atomic mass is 10.1. The molecule has 0 bridgehead atoms. The molecule has 1 aliphatic heterocycles. The molecule has 62 valence electrons. The summed E-state index contributed by atoms with van der Waals surface area (Å²) in [7, 11) is 3.89. The predicted molar refractivity (Wildman–Crippen MR) is 48.7 cm³/mol. The molecule has 1 aliphatic rings. The highest BCUT2D eigenvalue weighted by Crippen LogP contribution is 2.18. The highest BCUT2D eigenvalue weighted by molar-refractivity contribution is 7.99. The number of ketones is 1. The van der Waals surface area contributed by atoms with E-state index in [9.17, 15) is 4.79 Å². The molecule has 0 saturated carbocycles. The molecule has 0 spiro atoms. The Morgan fingerprint density at radius 2 is 2.27 bits per heavy atom. The number of carbonyl (C=O) groups excluding carboxylic acids is 1. The standard InChI is InChI=1S/C8H13NOS/c1-9(2)5-7-6-11-4-3-8(7)10/h5H,3-4,6H2,1-2H3/b7-5-. The Labute approximate surface area is 71.6 Å². The van der Waals surface area contributed by atoms with Crippen LogP contribution in [-0.4, -0.2) is 36.3 Å². The van der Waals surface area contributed by atoms with E-state index < -0.39 is 0 Å². The third-order valence-electron chi connectivity index (χ3n) is 1.50. The second kappa shape index (κ2) is 3.81. The average Bonchev–Trinajstić information content (AvgIpc) is 1.93. The maximum Gasteiger partial charge on any atom is 0.161 e. The number of carbonyl (C=O) groups is 1. The number of hydrogen-bond donors (Lipinski definition) is 0. The third kappa shape index (κ3) is 2.58.